The molecule has 58 heavy (non-hydrogen) atoms. The Morgan fingerprint density at radius 2 is 1.00 bits per heavy atom. The second kappa shape index (κ2) is 14.1. The lowest BCUT2D eigenvalue weighted by Gasteiger charge is -2.30. The van der Waals surface area contributed by atoms with Gasteiger partial charge in [-0.3, -0.25) is 4.98 Å². The van der Waals surface area contributed by atoms with Gasteiger partial charge in [-0.05, 0) is 88.0 Å². The normalized spacial score (nSPS) is 14.3. The molecule has 4 aromatic heterocycles. The summed E-state index contributed by atoms with van der Waals surface area (Å²) in [6.07, 6.45) is 12.4. The number of nitrogens with one attached hydrogen (secondary N) is 1. The van der Waals surface area contributed by atoms with Crippen LogP contribution in [0.1, 0.15) is 22.9 Å². The smallest absolute Gasteiger partial charge is 0.0946 e. The van der Waals surface area contributed by atoms with E-state index in [1.807, 2.05) is 18.3 Å². The molecule has 11 rings (SSSR count). The molecule has 5 heterocycles. The number of hydrogen-bond acceptors (Lipinski definition) is 5. The minimum Gasteiger partial charge on any atom is -0.372 e. The van der Waals surface area contributed by atoms with E-state index >= 15 is 0 Å². The first-order valence-corrected chi connectivity index (χ1v) is 19.6. The van der Waals surface area contributed by atoms with Crippen molar-refractivity contribution in [1.29, 1.82) is 0 Å². The van der Waals surface area contributed by atoms with Crippen molar-refractivity contribution in [2.75, 3.05) is 0 Å². The van der Waals surface area contributed by atoms with Gasteiger partial charge in [0, 0.05) is 51.1 Å². The molecule has 5 heteroatoms. The quantitative estimate of drug-likeness (QED) is 0.184. The summed E-state index contributed by atoms with van der Waals surface area (Å²) in [4.78, 5) is 19.8. The zero-order valence-corrected chi connectivity index (χ0v) is 31.4. The van der Waals surface area contributed by atoms with E-state index in [2.05, 4.69) is 186 Å². The number of benzene rings is 5. The van der Waals surface area contributed by atoms with E-state index in [4.69, 9.17) is 15.0 Å². The molecule has 1 aliphatic heterocycles. The van der Waals surface area contributed by atoms with Crippen LogP contribution in [0.4, 0.5) is 0 Å². The zero-order valence-electron chi connectivity index (χ0n) is 31.4. The predicted octanol–water partition coefficient (Wildman–Crippen LogP) is 12.5. The highest BCUT2D eigenvalue weighted by molar-refractivity contribution is 5.90. The van der Waals surface area contributed by atoms with E-state index in [1.54, 1.807) is 6.20 Å². The highest BCUT2D eigenvalue weighted by atomic mass is 15.0. The van der Waals surface area contributed by atoms with Crippen LogP contribution in [0, 0.1) is 0 Å². The van der Waals surface area contributed by atoms with Crippen molar-refractivity contribution in [2.45, 2.75) is 6.04 Å². The van der Waals surface area contributed by atoms with Crippen LogP contribution in [-0.4, -0.2) is 19.9 Å². The molecule has 1 atom stereocenters. The maximum Gasteiger partial charge on any atom is 0.0946 e. The van der Waals surface area contributed by atoms with Crippen molar-refractivity contribution in [3.8, 4) is 56.0 Å². The Labute approximate surface area is 336 Å². The molecular weight excluding hydrogens is 707 g/mol. The molecule has 5 nitrogen and oxygen atoms in total. The van der Waals surface area contributed by atoms with Crippen LogP contribution in [0.3, 0.4) is 0 Å². The Morgan fingerprint density at radius 1 is 0.414 bits per heavy atom. The van der Waals surface area contributed by atoms with Crippen LogP contribution < -0.4 is 5.32 Å². The Hall–Kier alpha value is -7.76. The standard InChI is InChI=1S/C53H35N5/c1-2-7-34(8-3-1)46-26-22-37-16-17-38-23-27-49(58-53(38)52(37)57-46)43-12-4-9-39(29-43)41-18-14-35-21-25-48(56-50(35)31-41)44-19-15-36-20-24-47(55-51(36)32-44)42-11-5-10-40(30-42)45-13-6-28-54-33-45/h1-33,53,58H. The molecule has 0 spiro atoms. The van der Waals surface area contributed by atoms with Gasteiger partial charge in [0.05, 0.1) is 39.9 Å². The second-order valence-electron chi connectivity index (χ2n) is 14.8. The van der Waals surface area contributed by atoms with Crippen LogP contribution in [0.15, 0.2) is 200 Å². The monoisotopic (exact) mass is 741 g/mol. The van der Waals surface area contributed by atoms with Gasteiger partial charge in [-0.15, -0.1) is 0 Å². The minimum atomic E-state index is -0.0314. The summed E-state index contributed by atoms with van der Waals surface area (Å²) in [7, 11) is 0. The summed E-state index contributed by atoms with van der Waals surface area (Å²) in [6.45, 7) is 0. The van der Waals surface area contributed by atoms with Crippen molar-refractivity contribution in [1.82, 2.24) is 25.3 Å². The highest BCUT2D eigenvalue weighted by Gasteiger charge is 2.26. The third-order valence-corrected chi connectivity index (χ3v) is 11.2. The fraction of sp³-hybridized carbons (Fsp3) is 0.0189. The molecule has 5 aromatic carbocycles. The first kappa shape index (κ1) is 33.6. The first-order valence-electron chi connectivity index (χ1n) is 19.6. The number of dihydropyridines is 1. The summed E-state index contributed by atoms with van der Waals surface area (Å²) in [5.41, 5.74) is 17.9. The molecule has 1 aliphatic carbocycles. The van der Waals surface area contributed by atoms with Gasteiger partial charge in [-0.2, -0.15) is 0 Å². The molecule has 1 unspecified atom stereocenters. The van der Waals surface area contributed by atoms with Crippen molar-refractivity contribution >= 4 is 33.6 Å². The van der Waals surface area contributed by atoms with Crippen LogP contribution in [0.2, 0.25) is 0 Å². The van der Waals surface area contributed by atoms with E-state index in [1.165, 1.54) is 5.57 Å². The third kappa shape index (κ3) is 6.25. The van der Waals surface area contributed by atoms with Gasteiger partial charge in [0.1, 0.15) is 0 Å². The summed E-state index contributed by atoms with van der Waals surface area (Å²) < 4.78 is 0. The number of aromatic nitrogens is 4. The number of fused-ring (bicyclic) bond motifs is 5. The first-order chi connectivity index (χ1) is 28.7. The van der Waals surface area contributed by atoms with Gasteiger partial charge in [-0.25, -0.2) is 15.0 Å². The average Bonchev–Trinajstić information content (AvgIpc) is 3.31. The van der Waals surface area contributed by atoms with E-state index < -0.39 is 0 Å². The van der Waals surface area contributed by atoms with E-state index in [9.17, 15) is 0 Å². The summed E-state index contributed by atoms with van der Waals surface area (Å²) in [5.74, 6) is 0. The van der Waals surface area contributed by atoms with Crippen molar-refractivity contribution < 1.29 is 0 Å². The van der Waals surface area contributed by atoms with Crippen molar-refractivity contribution in [2.24, 2.45) is 0 Å². The Kier molecular flexibility index (Phi) is 8.14. The van der Waals surface area contributed by atoms with Crippen LogP contribution in [-0.2, 0) is 0 Å². The molecule has 2 aliphatic rings. The van der Waals surface area contributed by atoms with E-state index in [-0.39, 0.29) is 6.04 Å². The van der Waals surface area contributed by atoms with Crippen LogP contribution in [0.25, 0.3) is 89.6 Å². The topological polar surface area (TPSA) is 63.6 Å². The lowest BCUT2D eigenvalue weighted by atomic mass is 9.89. The van der Waals surface area contributed by atoms with E-state index in [0.29, 0.717) is 0 Å². The van der Waals surface area contributed by atoms with Gasteiger partial charge < -0.3 is 5.32 Å². The van der Waals surface area contributed by atoms with Gasteiger partial charge in [0.25, 0.3) is 0 Å². The van der Waals surface area contributed by atoms with E-state index in [0.717, 1.165) is 100 Å². The number of allylic oxidation sites excluding steroid dienone is 2. The maximum atomic E-state index is 5.19. The molecule has 0 radical (unpaired) electrons. The molecule has 0 fully saturated rings. The molecule has 272 valence electrons. The third-order valence-electron chi connectivity index (χ3n) is 11.2. The lowest BCUT2D eigenvalue weighted by Crippen LogP contribution is -2.27. The van der Waals surface area contributed by atoms with Gasteiger partial charge in [0.2, 0.25) is 0 Å². The van der Waals surface area contributed by atoms with Crippen molar-refractivity contribution in [3.63, 3.8) is 0 Å². The Balaban J connectivity index is 0.880. The number of pyridine rings is 4. The minimum absolute atomic E-state index is 0.0314. The Morgan fingerprint density at radius 3 is 1.78 bits per heavy atom. The fourth-order valence-corrected chi connectivity index (χ4v) is 8.09. The zero-order chi connectivity index (χ0) is 38.4. The number of hydrogen-bond donors (Lipinski definition) is 1. The predicted molar refractivity (Wildman–Crippen MR) is 237 cm³/mol. The van der Waals surface area contributed by atoms with Gasteiger partial charge in [-0.1, -0.05) is 133 Å². The molecule has 9 aromatic rings. The molecular formula is C53H35N5. The van der Waals surface area contributed by atoms with Crippen LogP contribution >= 0.6 is 0 Å². The average molecular weight is 742 g/mol. The van der Waals surface area contributed by atoms with Gasteiger partial charge in [0.15, 0.2) is 0 Å². The lowest BCUT2D eigenvalue weighted by molar-refractivity contribution is 0.705. The fourth-order valence-electron chi connectivity index (χ4n) is 8.09. The summed E-state index contributed by atoms with van der Waals surface area (Å²) in [5, 5.41) is 6.02. The molecule has 0 amide bonds. The Bertz CT molecular complexity index is 3150. The van der Waals surface area contributed by atoms with Crippen molar-refractivity contribution in [3.05, 3.63) is 217 Å². The SMILES string of the molecule is C1=Cc2ccc(-c3ccccc3)nc2C2NC(c3cccc(-c4ccc5ccc(-c6ccc7ccc(-c8cccc(-c9cccnc9)c8)nc7c6)nc5c4)c3)=CC=C12. The molecule has 0 saturated heterocycles. The summed E-state index contributed by atoms with van der Waals surface area (Å²) in [6, 6.07) is 57.3. The number of nitrogens with zero attached hydrogens (tertiary/aromatic N) is 4. The highest BCUT2D eigenvalue weighted by Crippen LogP contribution is 2.38. The summed E-state index contributed by atoms with van der Waals surface area (Å²) >= 11 is 0. The molecule has 1 N–H and O–H groups in total. The number of rotatable bonds is 6. The van der Waals surface area contributed by atoms with Gasteiger partial charge >= 0.3 is 0 Å². The van der Waals surface area contributed by atoms with Crippen LogP contribution in [0.5, 0.6) is 0 Å². The molecule has 0 saturated carbocycles. The largest absolute Gasteiger partial charge is 0.372 e. The second-order valence-corrected chi connectivity index (χ2v) is 14.8. The maximum absolute atomic E-state index is 5.19. The molecule has 0 bridgehead atoms.